The largest absolute Gasteiger partial charge is 0.393 e. The molecule has 0 aromatic heterocycles. The van der Waals surface area contributed by atoms with Crippen molar-refractivity contribution in [1.82, 2.24) is 4.90 Å². The van der Waals surface area contributed by atoms with Crippen molar-refractivity contribution in [2.24, 2.45) is 0 Å². The van der Waals surface area contributed by atoms with Crippen molar-refractivity contribution in [2.45, 2.75) is 90.1 Å². The first-order valence-corrected chi connectivity index (χ1v) is 11.3. The zero-order chi connectivity index (χ0) is 20.3. The van der Waals surface area contributed by atoms with Crippen molar-refractivity contribution in [3.05, 3.63) is 48.6 Å². The van der Waals surface area contributed by atoms with Crippen molar-refractivity contribution in [3.8, 4) is 0 Å². The molecule has 0 aromatic carbocycles. The Bertz CT molecular complexity index is 497. The summed E-state index contributed by atoms with van der Waals surface area (Å²) >= 11 is 0. The number of piperidine rings is 1. The van der Waals surface area contributed by atoms with E-state index in [0.717, 1.165) is 44.9 Å². The number of unbranched alkanes of at least 4 members (excludes halogenated alkanes) is 4. The van der Waals surface area contributed by atoms with E-state index in [-0.39, 0.29) is 12.0 Å². The molecule has 1 fully saturated rings. The van der Waals surface area contributed by atoms with Gasteiger partial charge in [0.2, 0.25) is 5.91 Å². The zero-order valence-electron chi connectivity index (χ0n) is 17.9. The predicted molar refractivity (Wildman–Crippen MR) is 120 cm³/mol. The molecule has 3 heteroatoms. The van der Waals surface area contributed by atoms with Crippen molar-refractivity contribution in [1.29, 1.82) is 0 Å². The lowest BCUT2D eigenvalue weighted by atomic mass is 10.1. The summed E-state index contributed by atoms with van der Waals surface area (Å²) in [5.74, 6) is 0.239. The molecule has 1 rings (SSSR count). The normalized spacial score (nSPS) is 16.4. The maximum atomic E-state index is 12.1. The molecule has 158 valence electrons. The zero-order valence-corrected chi connectivity index (χ0v) is 17.9. The number of carbonyl (C=O) groups excluding carboxylic acids is 1. The van der Waals surface area contributed by atoms with Crippen LogP contribution in [-0.4, -0.2) is 35.1 Å². The Kier molecular flexibility index (Phi) is 15.3. The average Bonchev–Trinajstić information content (AvgIpc) is 2.70. The smallest absolute Gasteiger partial charge is 0.222 e. The standard InChI is InChI=1S/C25H41NO2/c1-2-3-4-5-6-7-8-9-10-11-12-13-14-15-16-17-18-19-25(28)26-22-20-24(27)21-23-26/h6-7,9-10,12-13,15-16,24,27H,2-5,8,11,14,17-23H2,1H3/b7-6-,10-9-,13-12-,16-15-. The molecule has 0 spiro atoms. The fourth-order valence-electron chi connectivity index (χ4n) is 3.21. The molecule has 1 heterocycles. The highest BCUT2D eigenvalue weighted by Gasteiger charge is 2.20. The Morgan fingerprint density at radius 3 is 1.86 bits per heavy atom. The first-order chi connectivity index (χ1) is 13.7. The van der Waals surface area contributed by atoms with E-state index in [4.69, 9.17) is 0 Å². The number of amides is 1. The fraction of sp³-hybridized carbons (Fsp3) is 0.640. The molecule has 0 atom stereocenters. The molecule has 0 aromatic rings. The first-order valence-electron chi connectivity index (χ1n) is 11.3. The second-order valence-electron chi connectivity index (χ2n) is 7.59. The lowest BCUT2D eigenvalue weighted by Crippen LogP contribution is -2.39. The van der Waals surface area contributed by atoms with E-state index in [2.05, 4.69) is 55.5 Å². The molecule has 1 saturated heterocycles. The van der Waals surface area contributed by atoms with E-state index in [1.54, 1.807) is 0 Å². The topological polar surface area (TPSA) is 40.5 Å². The molecule has 0 aliphatic carbocycles. The van der Waals surface area contributed by atoms with Crippen LogP contribution in [0.4, 0.5) is 0 Å². The SMILES string of the molecule is CCCCC/C=C\C/C=C\C/C=C\C/C=C\CCCC(=O)N1CCC(O)CC1. The number of rotatable bonds is 14. The molecule has 0 bridgehead atoms. The van der Waals surface area contributed by atoms with Crippen LogP contribution in [0.2, 0.25) is 0 Å². The van der Waals surface area contributed by atoms with Crippen LogP contribution < -0.4 is 0 Å². The lowest BCUT2D eigenvalue weighted by molar-refractivity contribution is -0.133. The van der Waals surface area contributed by atoms with Crippen LogP contribution in [0.25, 0.3) is 0 Å². The van der Waals surface area contributed by atoms with Gasteiger partial charge in [-0.15, -0.1) is 0 Å². The first kappa shape index (κ1) is 24.4. The quantitative estimate of drug-likeness (QED) is 0.288. The van der Waals surface area contributed by atoms with Crippen molar-refractivity contribution >= 4 is 5.91 Å². The van der Waals surface area contributed by atoms with Crippen LogP contribution in [0, 0.1) is 0 Å². The third-order valence-electron chi connectivity index (χ3n) is 5.04. The van der Waals surface area contributed by atoms with Gasteiger partial charge >= 0.3 is 0 Å². The van der Waals surface area contributed by atoms with Gasteiger partial charge in [0.05, 0.1) is 6.10 Å². The highest BCUT2D eigenvalue weighted by Crippen LogP contribution is 2.12. The Morgan fingerprint density at radius 1 is 0.821 bits per heavy atom. The Balaban J connectivity index is 1.94. The van der Waals surface area contributed by atoms with Crippen LogP contribution in [-0.2, 0) is 4.79 Å². The summed E-state index contributed by atoms with van der Waals surface area (Å²) in [6, 6.07) is 0. The molecule has 0 unspecified atom stereocenters. The molecule has 1 N–H and O–H groups in total. The molecule has 1 aliphatic heterocycles. The van der Waals surface area contributed by atoms with Gasteiger partial charge in [0.25, 0.3) is 0 Å². The van der Waals surface area contributed by atoms with Gasteiger partial charge in [0, 0.05) is 19.5 Å². The summed E-state index contributed by atoms with van der Waals surface area (Å²) in [6.07, 6.45) is 29.7. The Hall–Kier alpha value is -1.61. The number of hydrogen-bond donors (Lipinski definition) is 1. The van der Waals surface area contributed by atoms with Gasteiger partial charge in [0.15, 0.2) is 0 Å². The molecular formula is C25H41NO2. The van der Waals surface area contributed by atoms with Crippen LogP contribution in [0.1, 0.15) is 84.0 Å². The second kappa shape index (κ2) is 17.5. The number of aliphatic hydroxyl groups excluding tert-OH is 1. The van der Waals surface area contributed by atoms with Gasteiger partial charge in [0.1, 0.15) is 0 Å². The van der Waals surface area contributed by atoms with E-state index in [0.29, 0.717) is 19.5 Å². The maximum absolute atomic E-state index is 12.1. The lowest BCUT2D eigenvalue weighted by Gasteiger charge is -2.29. The molecule has 0 saturated carbocycles. The van der Waals surface area contributed by atoms with Crippen LogP contribution in [0.5, 0.6) is 0 Å². The molecule has 0 radical (unpaired) electrons. The van der Waals surface area contributed by atoms with Crippen LogP contribution in [0.15, 0.2) is 48.6 Å². The third-order valence-corrected chi connectivity index (χ3v) is 5.04. The minimum absolute atomic E-state index is 0.215. The average molecular weight is 388 g/mol. The summed E-state index contributed by atoms with van der Waals surface area (Å²) in [7, 11) is 0. The Labute approximate surface area is 172 Å². The minimum atomic E-state index is -0.215. The number of hydrogen-bond acceptors (Lipinski definition) is 2. The molecule has 28 heavy (non-hydrogen) atoms. The summed E-state index contributed by atoms with van der Waals surface area (Å²) < 4.78 is 0. The summed E-state index contributed by atoms with van der Waals surface area (Å²) in [6.45, 7) is 3.66. The summed E-state index contributed by atoms with van der Waals surface area (Å²) in [5, 5.41) is 9.48. The fourth-order valence-corrected chi connectivity index (χ4v) is 3.21. The minimum Gasteiger partial charge on any atom is -0.393 e. The van der Waals surface area contributed by atoms with Crippen molar-refractivity contribution < 1.29 is 9.90 Å². The summed E-state index contributed by atoms with van der Waals surface area (Å²) in [4.78, 5) is 14.0. The van der Waals surface area contributed by atoms with Gasteiger partial charge in [-0.1, -0.05) is 68.4 Å². The van der Waals surface area contributed by atoms with E-state index in [1.165, 1.54) is 25.7 Å². The van der Waals surface area contributed by atoms with Crippen LogP contribution >= 0.6 is 0 Å². The van der Waals surface area contributed by atoms with Gasteiger partial charge < -0.3 is 10.0 Å². The number of allylic oxidation sites excluding steroid dienone is 8. The highest BCUT2D eigenvalue weighted by molar-refractivity contribution is 5.76. The molecule has 1 aliphatic rings. The van der Waals surface area contributed by atoms with E-state index in [9.17, 15) is 9.90 Å². The van der Waals surface area contributed by atoms with Crippen LogP contribution in [0.3, 0.4) is 0 Å². The van der Waals surface area contributed by atoms with E-state index < -0.39 is 0 Å². The molecule has 3 nitrogen and oxygen atoms in total. The summed E-state index contributed by atoms with van der Waals surface area (Å²) in [5.41, 5.74) is 0. The van der Waals surface area contributed by atoms with Crippen molar-refractivity contribution in [3.63, 3.8) is 0 Å². The number of likely N-dealkylation sites (tertiary alicyclic amines) is 1. The molecule has 1 amide bonds. The van der Waals surface area contributed by atoms with Crippen molar-refractivity contribution in [2.75, 3.05) is 13.1 Å². The van der Waals surface area contributed by atoms with Gasteiger partial charge in [-0.2, -0.15) is 0 Å². The number of aliphatic hydroxyl groups is 1. The molecular weight excluding hydrogens is 346 g/mol. The maximum Gasteiger partial charge on any atom is 0.222 e. The second-order valence-corrected chi connectivity index (χ2v) is 7.59. The monoisotopic (exact) mass is 387 g/mol. The third kappa shape index (κ3) is 13.5. The van der Waals surface area contributed by atoms with E-state index >= 15 is 0 Å². The Morgan fingerprint density at radius 2 is 1.32 bits per heavy atom. The van der Waals surface area contributed by atoms with Gasteiger partial charge in [-0.05, 0) is 57.8 Å². The van der Waals surface area contributed by atoms with Gasteiger partial charge in [-0.3, -0.25) is 4.79 Å². The predicted octanol–water partition coefficient (Wildman–Crippen LogP) is 6.12. The highest BCUT2D eigenvalue weighted by atomic mass is 16.3. The van der Waals surface area contributed by atoms with E-state index in [1.807, 2.05) is 4.90 Å². The number of nitrogens with zero attached hydrogens (tertiary/aromatic N) is 1. The number of carbonyl (C=O) groups is 1. The van der Waals surface area contributed by atoms with Gasteiger partial charge in [-0.25, -0.2) is 0 Å².